The van der Waals surface area contributed by atoms with Crippen LogP contribution in [0.25, 0.3) is 87.1 Å². The Balaban J connectivity index is 0.000000118. The van der Waals surface area contributed by atoms with Gasteiger partial charge < -0.3 is 52.6 Å². The third-order valence-electron chi connectivity index (χ3n) is 23.0. The molecule has 8 aromatic heterocycles. The van der Waals surface area contributed by atoms with Gasteiger partial charge in [0.05, 0.1) is 135 Å². The van der Waals surface area contributed by atoms with Gasteiger partial charge in [-0.1, -0.05) is 176 Å². The zero-order valence-electron chi connectivity index (χ0n) is 75.6. The SMILES string of the molecule is COc1cnc(N2CCCCC2)c2ccccc12.COc1cnc2ccccc2n1.COc1nc2ccccc2nc1CCc1ccccc1.COc1nc2ccccc2nc1CCc1csc2ccccc12.COc1nc2ccccc2nc1CN1CCN(C)CC1.COc1nc2ccccc2nc1N1CCC(c2ccccc2)CC1.COc1nc2ccccc2nc1OC. The third kappa shape index (κ3) is 23.7. The number of piperidine rings is 2. The highest BCUT2D eigenvalue weighted by molar-refractivity contribution is 7.17. The molecule has 3 aliphatic rings. The van der Waals surface area contributed by atoms with Crippen LogP contribution in [0.4, 0.5) is 11.6 Å². The molecule has 11 heterocycles. The molecule has 10 aromatic carbocycles. The number of likely N-dealkylation sites (N-methyl/N-ethyl adjacent to an activating group) is 1. The van der Waals surface area contributed by atoms with Gasteiger partial charge in [0.2, 0.25) is 23.5 Å². The summed E-state index contributed by atoms with van der Waals surface area (Å²) in [4.78, 5) is 68.1. The number of anilines is 2. The quantitative estimate of drug-likeness (QED) is 0.0729. The molecule has 25 nitrogen and oxygen atoms in total. The summed E-state index contributed by atoms with van der Waals surface area (Å²) < 4.78 is 43.5. The summed E-state index contributed by atoms with van der Waals surface area (Å²) in [5, 5.41) is 5.92. The van der Waals surface area contributed by atoms with Gasteiger partial charge in [0, 0.05) is 74.4 Å². The molecule has 18 aromatic rings. The van der Waals surface area contributed by atoms with Crippen LogP contribution < -0.4 is 47.7 Å². The predicted molar refractivity (Wildman–Crippen MR) is 524 cm³/mol. The normalized spacial score (nSPS) is 13.3. The first-order chi connectivity index (χ1) is 64.5. The molecule has 0 bridgehead atoms. The summed E-state index contributed by atoms with van der Waals surface area (Å²) in [5.74, 6) is 7.32. The molecule has 0 amide bonds. The number of benzene rings is 10. The van der Waals surface area contributed by atoms with Crippen molar-refractivity contribution in [3.8, 4) is 46.9 Å². The number of aromatic nitrogens is 13. The van der Waals surface area contributed by atoms with Crippen molar-refractivity contribution in [3.05, 3.63) is 306 Å². The summed E-state index contributed by atoms with van der Waals surface area (Å²) in [6, 6.07) is 84.9. The lowest BCUT2D eigenvalue weighted by atomic mass is 9.89. The van der Waals surface area contributed by atoms with Crippen LogP contribution in [0.1, 0.15) is 71.8 Å². The molecule has 668 valence electrons. The van der Waals surface area contributed by atoms with Crippen LogP contribution >= 0.6 is 11.3 Å². The van der Waals surface area contributed by atoms with E-state index in [1.165, 1.54) is 51.4 Å². The molecule has 0 N–H and O–H groups in total. The molecule has 3 aliphatic heterocycles. The van der Waals surface area contributed by atoms with Gasteiger partial charge in [-0.3, -0.25) is 4.90 Å². The zero-order chi connectivity index (χ0) is 90.5. The first-order valence-electron chi connectivity index (χ1n) is 44.1. The van der Waals surface area contributed by atoms with Crippen LogP contribution in [0, 0.1) is 0 Å². The minimum absolute atomic E-state index is 0.409. The molecule has 0 unspecified atom stereocenters. The summed E-state index contributed by atoms with van der Waals surface area (Å²) in [7, 11) is 15.2. The Morgan fingerprint density at radius 2 is 0.710 bits per heavy atom. The Kier molecular flexibility index (Phi) is 32.0. The van der Waals surface area contributed by atoms with E-state index in [2.05, 4.69) is 179 Å². The Bertz CT molecular complexity index is 6700. The van der Waals surface area contributed by atoms with E-state index in [1.54, 1.807) is 74.4 Å². The lowest BCUT2D eigenvalue weighted by Crippen LogP contribution is -2.44. The number of piperazine rings is 1. The van der Waals surface area contributed by atoms with E-state index in [4.69, 9.17) is 52.8 Å². The molecule has 131 heavy (non-hydrogen) atoms. The highest BCUT2D eigenvalue weighted by Crippen LogP contribution is 2.37. The zero-order valence-corrected chi connectivity index (χ0v) is 76.4. The lowest BCUT2D eigenvalue weighted by molar-refractivity contribution is 0.145. The number of pyridine rings is 1. The number of hydrogen-bond donors (Lipinski definition) is 0. The van der Waals surface area contributed by atoms with Crippen molar-refractivity contribution in [2.75, 3.05) is 126 Å². The number of para-hydroxylation sites is 12. The monoisotopic (exact) mass is 1770 g/mol. The summed E-state index contributed by atoms with van der Waals surface area (Å²) in [5.41, 5.74) is 17.4. The molecule has 21 rings (SSSR count). The Labute approximate surface area is 767 Å². The van der Waals surface area contributed by atoms with Gasteiger partial charge >= 0.3 is 0 Å². The Morgan fingerprint density at radius 1 is 0.305 bits per heavy atom. The molecule has 3 saturated heterocycles. The largest absolute Gasteiger partial charge is 0.494 e. The number of nitrogens with zero attached hydrogens (tertiary/aromatic N) is 17. The van der Waals surface area contributed by atoms with Crippen molar-refractivity contribution in [2.24, 2.45) is 0 Å². The minimum atomic E-state index is 0.409. The molecule has 0 atom stereocenters. The van der Waals surface area contributed by atoms with E-state index in [0.717, 1.165) is 203 Å². The second kappa shape index (κ2) is 46.0. The molecule has 0 saturated carbocycles. The van der Waals surface area contributed by atoms with Crippen LogP contribution in [0.5, 0.6) is 46.9 Å². The van der Waals surface area contributed by atoms with E-state index in [0.29, 0.717) is 47.1 Å². The van der Waals surface area contributed by atoms with E-state index < -0.39 is 0 Å². The average Bonchev–Trinajstić information content (AvgIpc) is 1.30. The summed E-state index contributed by atoms with van der Waals surface area (Å²) in [6.07, 6.45) is 13.1. The topological polar surface area (TPSA) is 254 Å². The molecule has 26 heteroatoms. The molecular weight excluding hydrogens is 1660 g/mol. The maximum atomic E-state index is 5.50. The fourth-order valence-electron chi connectivity index (χ4n) is 16.0. The van der Waals surface area contributed by atoms with Gasteiger partial charge in [-0.2, -0.15) is 0 Å². The number of thiophene rings is 1. The molecule has 3 fully saturated rings. The van der Waals surface area contributed by atoms with Crippen LogP contribution in [-0.2, 0) is 32.2 Å². The van der Waals surface area contributed by atoms with Crippen molar-refractivity contribution in [3.63, 3.8) is 0 Å². The number of fused-ring (bicyclic) bond motifs is 8. The van der Waals surface area contributed by atoms with Gasteiger partial charge in [0.25, 0.3) is 17.6 Å². The highest BCUT2D eigenvalue weighted by Gasteiger charge is 2.26. The molecular formula is C105H109N17O8S. The lowest BCUT2D eigenvalue weighted by Gasteiger charge is -2.33. The number of hydrogen-bond acceptors (Lipinski definition) is 26. The van der Waals surface area contributed by atoms with Crippen LogP contribution in [0.2, 0.25) is 0 Å². The standard InChI is InChI=1S/C20H21N3O.C19H16N2OS.C17H16N2O.C15H20N4O.C15H18N2O.C10H10N2O2.C9H8N2O/c1-24-20-19(21-17-9-5-6-10-18(17)22-20)23-13-11-16(12-14-23)15-7-3-2-4-8-15;1-22-19-17(20-15-7-3-4-8-16(15)21-19)11-10-13-12-23-18-9-5-2-6-14(13)18;1-20-17-16(12-11-13-7-3-2-4-8-13)18-14-9-5-6-10-15(14)19-17;1-18-7-9-19(10-8-18)11-14-15(20-2)17-13-6-4-3-5-12(13)16-14;1-18-14-11-16-15(17-9-5-2-6-10-17)13-8-4-3-7-12(13)14;1-13-9-10(14-2)12-8-6-4-3-5-7(8)11-9;1-12-9-6-10-7-4-2-3-5-8(7)11-9/h2-10,16H,11-14H2,1H3;2-9,12H,10-11H2,1H3;2-10H,11-12H2,1H3;3-6H,7-11H2,1-2H3;3-4,7-8,11H,2,5-6,9-10H2,1H3;3-6H,1-2H3;2-6H,1H3. The maximum absolute atomic E-state index is 5.50. The Hall–Kier alpha value is -14.5. The maximum Gasteiger partial charge on any atom is 0.278 e. The minimum Gasteiger partial charge on any atom is -0.494 e. The van der Waals surface area contributed by atoms with Crippen LogP contribution in [0.3, 0.4) is 0 Å². The first-order valence-corrected chi connectivity index (χ1v) is 45.0. The van der Waals surface area contributed by atoms with Gasteiger partial charge in [0.1, 0.15) is 28.6 Å². The summed E-state index contributed by atoms with van der Waals surface area (Å²) >= 11 is 1.79. The summed E-state index contributed by atoms with van der Waals surface area (Å²) in [6.45, 7) is 9.31. The third-order valence-corrected chi connectivity index (χ3v) is 24.0. The fraction of sp³-hybridized carbons (Fsp3) is 0.267. The first kappa shape index (κ1) is 91.3. The van der Waals surface area contributed by atoms with Crippen molar-refractivity contribution in [1.29, 1.82) is 0 Å². The molecule has 0 aliphatic carbocycles. The Morgan fingerprint density at radius 3 is 1.21 bits per heavy atom. The van der Waals surface area contributed by atoms with Crippen molar-refractivity contribution in [1.82, 2.24) is 74.6 Å². The number of rotatable bonds is 19. The van der Waals surface area contributed by atoms with Crippen molar-refractivity contribution >= 4 is 110 Å². The van der Waals surface area contributed by atoms with E-state index >= 15 is 0 Å². The van der Waals surface area contributed by atoms with E-state index in [1.807, 2.05) is 164 Å². The van der Waals surface area contributed by atoms with Gasteiger partial charge in [-0.25, -0.2) is 64.8 Å². The predicted octanol–water partition coefficient (Wildman–Crippen LogP) is 20.0. The van der Waals surface area contributed by atoms with Crippen molar-refractivity contribution < 1.29 is 37.9 Å². The van der Waals surface area contributed by atoms with Crippen LogP contribution in [-0.4, -0.2) is 191 Å². The van der Waals surface area contributed by atoms with E-state index in [-0.39, 0.29) is 0 Å². The molecule has 0 spiro atoms. The van der Waals surface area contributed by atoms with Gasteiger partial charge in [0.15, 0.2) is 5.82 Å². The second-order valence-corrected chi connectivity index (χ2v) is 32.3. The van der Waals surface area contributed by atoms with E-state index in [9.17, 15) is 0 Å². The fourth-order valence-corrected chi connectivity index (χ4v) is 17.0. The molecule has 0 radical (unpaired) electrons. The van der Waals surface area contributed by atoms with Gasteiger partial charge in [-0.05, 0) is 177 Å². The number of methoxy groups -OCH3 is 8. The number of ether oxygens (including phenoxy) is 8. The highest BCUT2D eigenvalue weighted by atomic mass is 32.1. The second-order valence-electron chi connectivity index (χ2n) is 31.4. The smallest absolute Gasteiger partial charge is 0.278 e. The number of aryl methyl sites for hydroxylation is 4. The van der Waals surface area contributed by atoms with Crippen molar-refractivity contribution in [2.45, 2.75) is 70.3 Å². The average molecular weight is 1770 g/mol. The van der Waals surface area contributed by atoms with Gasteiger partial charge in [-0.15, -0.1) is 11.3 Å². The van der Waals surface area contributed by atoms with Crippen LogP contribution in [0.15, 0.2) is 273 Å².